The lowest BCUT2D eigenvalue weighted by Gasteiger charge is -2.38. The largest absolute Gasteiger partial charge is 0.392 e. The Balaban J connectivity index is 2.18. The van der Waals surface area contributed by atoms with E-state index in [4.69, 9.17) is 0 Å². The zero-order valence-corrected chi connectivity index (χ0v) is 14.9. The van der Waals surface area contributed by atoms with E-state index in [1.165, 1.54) is 11.1 Å². The normalized spacial score (nSPS) is 34.9. The fourth-order valence-corrected chi connectivity index (χ4v) is 4.20. The van der Waals surface area contributed by atoms with Gasteiger partial charge >= 0.3 is 0 Å². The van der Waals surface area contributed by atoms with E-state index in [1.54, 1.807) is 26.8 Å². The number of allylic oxidation sites excluding steroid dienone is 2. The monoisotopic (exact) mass is 320 g/mol. The molecule has 1 saturated carbocycles. The van der Waals surface area contributed by atoms with Crippen LogP contribution in [-0.4, -0.2) is 32.6 Å². The molecule has 0 aromatic rings. The number of hydrogen-bond acceptors (Lipinski definition) is 3. The van der Waals surface area contributed by atoms with Crippen LogP contribution in [0.25, 0.3) is 0 Å². The van der Waals surface area contributed by atoms with Crippen LogP contribution in [0.15, 0.2) is 36.0 Å². The molecule has 0 aromatic carbocycles. The average Bonchev–Trinajstić information content (AvgIpc) is 2.72. The molecule has 0 spiro atoms. The van der Waals surface area contributed by atoms with Gasteiger partial charge in [-0.3, -0.25) is 0 Å². The molecule has 3 heteroatoms. The van der Waals surface area contributed by atoms with Gasteiger partial charge < -0.3 is 15.3 Å². The Morgan fingerprint density at radius 2 is 1.96 bits per heavy atom. The van der Waals surface area contributed by atoms with Crippen molar-refractivity contribution >= 4 is 0 Å². The third-order valence-electron chi connectivity index (χ3n) is 5.59. The molecule has 0 amide bonds. The highest BCUT2D eigenvalue weighted by Crippen LogP contribution is 2.47. The molecule has 23 heavy (non-hydrogen) atoms. The summed E-state index contributed by atoms with van der Waals surface area (Å²) in [6.45, 7) is 11.5. The number of hydrogen-bond donors (Lipinski definition) is 3. The zero-order valence-electron chi connectivity index (χ0n) is 14.9. The van der Waals surface area contributed by atoms with Gasteiger partial charge in [-0.15, -0.1) is 0 Å². The SMILES string of the molecule is C=C1CCC(C(C)(O)CC=CC(C)(C)O)C(O)C2C(C)=CCC12. The maximum atomic E-state index is 11.0. The van der Waals surface area contributed by atoms with Crippen LogP contribution in [0.2, 0.25) is 0 Å². The Hall–Kier alpha value is -0.900. The Kier molecular flexibility index (Phi) is 5.24. The predicted molar refractivity (Wildman–Crippen MR) is 93.9 cm³/mol. The maximum Gasteiger partial charge on any atom is 0.0771 e. The number of fused-ring (bicyclic) bond motifs is 1. The van der Waals surface area contributed by atoms with Gasteiger partial charge in [0.1, 0.15) is 0 Å². The molecule has 0 bridgehead atoms. The van der Waals surface area contributed by atoms with Crippen LogP contribution in [-0.2, 0) is 0 Å². The molecule has 3 nitrogen and oxygen atoms in total. The molecular weight excluding hydrogens is 288 g/mol. The minimum atomic E-state index is -1.00. The third-order valence-corrected chi connectivity index (χ3v) is 5.59. The molecular formula is C20H32O3. The molecule has 2 aliphatic carbocycles. The van der Waals surface area contributed by atoms with Gasteiger partial charge in [0.15, 0.2) is 0 Å². The van der Waals surface area contributed by atoms with E-state index in [0.29, 0.717) is 12.3 Å². The molecule has 130 valence electrons. The Bertz CT molecular complexity index is 507. The fraction of sp³-hybridized carbons (Fsp3) is 0.700. The first kappa shape index (κ1) is 18.4. The molecule has 3 N–H and O–H groups in total. The first-order valence-electron chi connectivity index (χ1n) is 8.68. The van der Waals surface area contributed by atoms with Crippen LogP contribution in [0, 0.1) is 17.8 Å². The average molecular weight is 320 g/mol. The molecule has 5 unspecified atom stereocenters. The van der Waals surface area contributed by atoms with Gasteiger partial charge in [-0.2, -0.15) is 0 Å². The minimum Gasteiger partial charge on any atom is -0.392 e. The molecule has 0 radical (unpaired) electrons. The molecule has 0 saturated heterocycles. The second kappa shape index (κ2) is 6.54. The number of aliphatic hydroxyl groups is 3. The van der Waals surface area contributed by atoms with Gasteiger partial charge in [0.2, 0.25) is 0 Å². The molecule has 0 aliphatic heterocycles. The summed E-state index contributed by atoms with van der Waals surface area (Å²) in [4.78, 5) is 0. The second-order valence-electron chi connectivity index (χ2n) is 8.23. The van der Waals surface area contributed by atoms with E-state index in [1.807, 2.05) is 6.08 Å². The summed E-state index contributed by atoms with van der Waals surface area (Å²) >= 11 is 0. The van der Waals surface area contributed by atoms with E-state index >= 15 is 0 Å². The molecule has 2 rings (SSSR count). The van der Waals surface area contributed by atoms with Crippen molar-refractivity contribution in [1.29, 1.82) is 0 Å². The van der Waals surface area contributed by atoms with Crippen molar-refractivity contribution in [3.05, 3.63) is 36.0 Å². The zero-order chi connectivity index (χ0) is 17.4. The van der Waals surface area contributed by atoms with Crippen molar-refractivity contribution < 1.29 is 15.3 Å². The van der Waals surface area contributed by atoms with Crippen molar-refractivity contribution in [3.63, 3.8) is 0 Å². The lowest BCUT2D eigenvalue weighted by atomic mass is 9.74. The molecule has 2 aliphatic rings. The van der Waals surface area contributed by atoms with Crippen molar-refractivity contribution in [2.24, 2.45) is 17.8 Å². The van der Waals surface area contributed by atoms with Crippen molar-refractivity contribution in [2.45, 2.75) is 70.7 Å². The van der Waals surface area contributed by atoms with E-state index in [9.17, 15) is 15.3 Å². The minimum absolute atomic E-state index is 0.0831. The van der Waals surface area contributed by atoms with Crippen LogP contribution in [0.5, 0.6) is 0 Å². The predicted octanol–water partition coefficient (Wildman–Crippen LogP) is 3.36. The summed E-state index contributed by atoms with van der Waals surface area (Å²) in [5.74, 6) is 0.208. The summed E-state index contributed by atoms with van der Waals surface area (Å²) < 4.78 is 0. The first-order chi connectivity index (χ1) is 10.5. The van der Waals surface area contributed by atoms with Crippen LogP contribution < -0.4 is 0 Å². The summed E-state index contributed by atoms with van der Waals surface area (Å²) in [7, 11) is 0. The second-order valence-corrected chi connectivity index (χ2v) is 8.23. The van der Waals surface area contributed by atoms with Crippen LogP contribution in [0.4, 0.5) is 0 Å². The first-order valence-corrected chi connectivity index (χ1v) is 8.68. The number of rotatable bonds is 4. The van der Waals surface area contributed by atoms with E-state index in [2.05, 4.69) is 19.6 Å². The highest BCUT2D eigenvalue weighted by molar-refractivity contribution is 5.25. The van der Waals surface area contributed by atoms with Gasteiger partial charge in [-0.05, 0) is 59.3 Å². The lowest BCUT2D eigenvalue weighted by molar-refractivity contribution is -0.0736. The van der Waals surface area contributed by atoms with E-state index in [0.717, 1.165) is 19.3 Å². The van der Waals surface area contributed by atoms with Crippen LogP contribution in [0.3, 0.4) is 0 Å². The molecule has 0 aromatic heterocycles. The van der Waals surface area contributed by atoms with E-state index < -0.39 is 17.3 Å². The van der Waals surface area contributed by atoms with Crippen molar-refractivity contribution in [3.8, 4) is 0 Å². The molecule has 0 heterocycles. The van der Waals surface area contributed by atoms with Gasteiger partial charge in [-0.25, -0.2) is 0 Å². The summed E-state index contributed by atoms with van der Waals surface area (Å²) in [6.07, 6.45) is 8.16. The smallest absolute Gasteiger partial charge is 0.0771 e. The van der Waals surface area contributed by atoms with Crippen molar-refractivity contribution in [2.75, 3.05) is 0 Å². The summed E-state index contributed by atoms with van der Waals surface area (Å²) in [5.41, 5.74) is 0.535. The standard InChI is InChI=1S/C20H32O3/c1-13-8-10-16(18(21)17-14(2)7-9-15(13)17)20(5,23)12-6-11-19(3,4)22/h6-7,11,15-18,21-23H,1,8-10,12H2,2-5H3. The van der Waals surface area contributed by atoms with Gasteiger partial charge in [0.25, 0.3) is 0 Å². The Morgan fingerprint density at radius 1 is 1.30 bits per heavy atom. The van der Waals surface area contributed by atoms with Gasteiger partial charge in [-0.1, -0.05) is 36.0 Å². The van der Waals surface area contributed by atoms with Crippen molar-refractivity contribution in [1.82, 2.24) is 0 Å². The maximum absolute atomic E-state index is 11.0. The fourth-order valence-electron chi connectivity index (χ4n) is 4.20. The van der Waals surface area contributed by atoms with E-state index in [-0.39, 0.29) is 11.8 Å². The van der Waals surface area contributed by atoms with Crippen LogP contribution >= 0.6 is 0 Å². The summed E-state index contributed by atoms with van der Waals surface area (Å²) in [5, 5.41) is 31.7. The third kappa shape index (κ3) is 4.14. The molecule has 5 atom stereocenters. The lowest BCUT2D eigenvalue weighted by Crippen LogP contribution is -2.44. The van der Waals surface area contributed by atoms with Crippen LogP contribution in [0.1, 0.15) is 53.4 Å². The highest BCUT2D eigenvalue weighted by Gasteiger charge is 2.46. The van der Waals surface area contributed by atoms with Gasteiger partial charge in [0.05, 0.1) is 17.3 Å². The summed E-state index contributed by atoms with van der Waals surface area (Å²) in [6, 6.07) is 0. The highest BCUT2D eigenvalue weighted by atomic mass is 16.3. The topological polar surface area (TPSA) is 60.7 Å². The Morgan fingerprint density at radius 3 is 2.57 bits per heavy atom. The number of aliphatic hydroxyl groups excluding tert-OH is 1. The Labute approximate surface area is 140 Å². The quantitative estimate of drug-likeness (QED) is 0.696. The van der Waals surface area contributed by atoms with Gasteiger partial charge in [0, 0.05) is 11.8 Å². The molecule has 1 fully saturated rings.